The third-order valence-electron chi connectivity index (χ3n) is 3.28. The minimum atomic E-state index is 0.951. The fourth-order valence-electron chi connectivity index (χ4n) is 2.27. The van der Waals surface area contributed by atoms with Gasteiger partial charge in [0.1, 0.15) is 5.84 Å². The van der Waals surface area contributed by atoms with Crippen molar-refractivity contribution < 1.29 is 0 Å². The summed E-state index contributed by atoms with van der Waals surface area (Å²) in [6, 6.07) is 16.3. The number of benzene rings is 2. The summed E-state index contributed by atoms with van der Waals surface area (Å²) in [6.07, 6.45) is 3.12. The molecule has 0 saturated heterocycles. The Bertz CT molecular complexity index is 623. The highest BCUT2D eigenvalue weighted by Gasteiger charge is 2.10. The molecule has 0 saturated carbocycles. The Morgan fingerprint density at radius 2 is 1.80 bits per heavy atom. The van der Waals surface area contributed by atoms with Crippen molar-refractivity contribution >= 4 is 33.1 Å². The average molecular weight is 330 g/mol. The first-order chi connectivity index (χ1) is 9.81. The van der Waals surface area contributed by atoms with Crippen LogP contribution in [0, 0.1) is 0 Å². The van der Waals surface area contributed by atoms with Gasteiger partial charge in [-0.2, -0.15) is 0 Å². The fraction of sp³-hybridized carbons (Fsp3) is 0.188. The molecular weight excluding hydrogens is 314 g/mol. The third kappa shape index (κ3) is 3.20. The van der Waals surface area contributed by atoms with E-state index in [1.54, 1.807) is 0 Å². The fourth-order valence-corrected chi connectivity index (χ4v) is 2.68. The highest BCUT2D eigenvalue weighted by molar-refractivity contribution is 9.10. The maximum absolute atomic E-state index is 4.72. The van der Waals surface area contributed by atoms with Gasteiger partial charge < -0.3 is 0 Å². The van der Waals surface area contributed by atoms with Crippen LogP contribution in [0.2, 0.25) is 0 Å². The molecule has 3 rings (SSSR count). The van der Waals surface area contributed by atoms with E-state index in [0.29, 0.717) is 0 Å². The van der Waals surface area contributed by atoms with Gasteiger partial charge in [0, 0.05) is 10.9 Å². The van der Waals surface area contributed by atoms with E-state index in [0.717, 1.165) is 40.9 Å². The molecule has 0 atom stereocenters. The van der Waals surface area contributed by atoms with Crippen LogP contribution in [0.1, 0.15) is 18.4 Å². The second-order valence-electron chi connectivity index (χ2n) is 4.80. The number of aryl methyl sites for hydroxylation is 1. The van der Waals surface area contributed by atoms with Crippen LogP contribution >= 0.6 is 15.9 Å². The summed E-state index contributed by atoms with van der Waals surface area (Å²) in [6.45, 7) is 0. The molecule has 2 aromatic carbocycles. The Labute approximate surface area is 127 Å². The van der Waals surface area contributed by atoms with Crippen LogP contribution in [0.5, 0.6) is 0 Å². The number of anilines is 1. The summed E-state index contributed by atoms with van der Waals surface area (Å²) in [5.74, 6) is 0.981. The monoisotopic (exact) mass is 329 g/mol. The molecular formula is C16H16BrN3. The zero-order valence-electron chi connectivity index (χ0n) is 11.1. The Kier molecular flexibility index (Phi) is 4.02. The molecule has 0 bridgehead atoms. The lowest BCUT2D eigenvalue weighted by Gasteiger charge is -2.10. The highest BCUT2D eigenvalue weighted by Crippen LogP contribution is 2.27. The van der Waals surface area contributed by atoms with Gasteiger partial charge in [0.25, 0.3) is 0 Å². The molecule has 2 N–H and O–H groups in total. The Hall–Kier alpha value is -1.81. The van der Waals surface area contributed by atoms with Crippen LogP contribution in [-0.2, 0) is 6.42 Å². The summed E-state index contributed by atoms with van der Waals surface area (Å²) in [5.41, 5.74) is 9.81. The third-order valence-corrected chi connectivity index (χ3v) is 3.77. The van der Waals surface area contributed by atoms with Crippen molar-refractivity contribution in [1.82, 2.24) is 5.43 Å². The summed E-state index contributed by atoms with van der Waals surface area (Å²) in [7, 11) is 0. The second-order valence-corrected chi connectivity index (χ2v) is 5.72. The summed E-state index contributed by atoms with van der Waals surface area (Å²) >= 11 is 3.52. The molecule has 0 aromatic heterocycles. The van der Waals surface area contributed by atoms with E-state index in [4.69, 9.17) is 4.99 Å². The van der Waals surface area contributed by atoms with Crippen molar-refractivity contribution in [3.63, 3.8) is 0 Å². The smallest absolute Gasteiger partial charge is 0.121 e. The predicted octanol–water partition coefficient (Wildman–Crippen LogP) is 4.43. The van der Waals surface area contributed by atoms with E-state index >= 15 is 0 Å². The molecule has 0 radical (unpaired) electrons. The highest BCUT2D eigenvalue weighted by atomic mass is 79.9. The zero-order valence-corrected chi connectivity index (χ0v) is 12.7. The van der Waals surface area contributed by atoms with Gasteiger partial charge in [-0.3, -0.25) is 10.9 Å². The van der Waals surface area contributed by atoms with E-state index in [2.05, 4.69) is 38.9 Å². The van der Waals surface area contributed by atoms with Crippen molar-refractivity contribution in [1.29, 1.82) is 0 Å². The lowest BCUT2D eigenvalue weighted by Crippen LogP contribution is -2.28. The average Bonchev–Trinajstić information content (AvgIpc) is 2.67. The number of nitrogens with one attached hydrogen (secondary N) is 2. The molecule has 0 amide bonds. The maximum Gasteiger partial charge on any atom is 0.121 e. The second kappa shape index (κ2) is 6.09. The van der Waals surface area contributed by atoms with E-state index in [1.807, 2.05) is 36.4 Å². The molecule has 0 aliphatic carbocycles. The van der Waals surface area contributed by atoms with Crippen molar-refractivity contribution in [3.8, 4) is 0 Å². The molecule has 1 aliphatic rings. The molecule has 20 heavy (non-hydrogen) atoms. The minimum absolute atomic E-state index is 0.951. The number of rotatable bonds is 2. The van der Waals surface area contributed by atoms with E-state index in [1.165, 1.54) is 5.56 Å². The minimum Gasteiger partial charge on any atom is -0.300 e. The quantitative estimate of drug-likeness (QED) is 0.799. The van der Waals surface area contributed by atoms with Gasteiger partial charge in [0.15, 0.2) is 0 Å². The van der Waals surface area contributed by atoms with Gasteiger partial charge >= 0.3 is 0 Å². The number of hydrogen-bond donors (Lipinski definition) is 2. The number of hydrogen-bond acceptors (Lipinski definition) is 3. The number of nitrogens with zero attached hydrogens (tertiary/aromatic N) is 1. The van der Waals surface area contributed by atoms with Crippen molar-refractivity contribution in [2.45, 2.75) is 19.3 Å². The van der Waals surface area contributed by atoms with Gasteiger partial charge in [-0.05, 0) is 48.7 Å². The van der Waals surface area contributed by atoms with E-state index in [9.17, 15) is 0 Å². The lowest BCUT2D eigenvalue weighted by molar-refractivity contribution is 0.858. The SMILES string of the molecule is Brc1ccc2c(c1)CCCC(NNc1ccccc1)=N2. The molecule has 3 nitrogen and oxygen atoms in total. The summed E-state index contributed by atoms with van der Waals surface area (Å²) in [4.78, 5) is 4.72. The molecule has 1 aliphatic heterocycles. The Morgan fingerprint density at radius 3 is 2.65 bits per heavy atom. The molecule has 0 fully saturated rings. The van der Waals surface area contributed by atoms with Crippen LogP contribution in [0.4, 0.5) is 11.4 Å². The van der Waals surface area contributed by atoms with Crippen LogP contribution in [0.25, 0.3) is 0 Å². The van der Waals surface area contributed by atoms with Crippen molar-refractivity contribution in [2.24, 2.45) is 4.99 Å². The zero-order chi connectivity index (χ0) is 13.8. The van der Waals surface area contributed by atoms with Crippen molar-refractivity contribution in [2.75, 3.05) is 5.43 Å². The molecule has 0 spiro atoms. The number of hydrazine groups is 1. The normalized spacial score (nSPS) is 13.9. The number of amidine groups is 1. The van der Waals surface area contributed by atoms with E-state index in [-0.39, 0.29) is 0 Å². The first-order valence-electron chi connectivity index (χ1n) is 6.74. The van der Waals surface area contributed by atoms with E-state index < -0.39 is 0 Å². The van der Waals surface area contributed by atoms with Gasteiger partial charge in [-0.15, -0.1) is 0 Å². The largest absolute Gasteiger partial charge is 0.300 e. The van der Waals surface area contributed by atoms with Gasteiger partial charge in [-0.1, -0.05) is 34.1 Å². The van der Waals surface area contributed by atoms with Crippen molar-refractivity contribution in [3.05, 3.63) is 58.6 Å². The van der Waals surface area contributed by atoms with Crippen LogP contribution in [-0.4, -0.2) is 5.84 Å². The molecule has 102 valence electrons. The predicted molar refractivity (Wildman–Crippen MR) is 87.4 cm³/mol. The van der Waals surface area contributed by atoms with Crippen LogP contribution in [0.3, 0.4) is 0 Å². The molecule has 0 unspecified atom stereocenters. The first kappa shape index (κ1) is 13.2. The summed E-state index contributed by atoms with van der Waals surface area (Å²) < 4.78 is 1.12. The summed E-state index contributed by atoms with van der Waals surface area (Å²) in [5, 5.41) is 0. The number of fused-ring (bicyclic) bond motifs is 1. The van der Waals surface area contributed by atoms with Gasteiger partial charge in [0.05, 0.1) is 11.4 Å². The topological polar surface area (TPSA) is 36.4 Å². The van der Waals surface area contributed by atoms with Crippen LogP contribution < -0.4 is 10.9 Å². The lowest BCUT2D eigenvalue weighted by atomic mass is 10.1. The van der Waals surface area contributed by atoms with Gasteiger partial charge in [-0.25, -0.2) is 4.99 Å². The molecule has 1 heterocycles. The Morgan fingerprint density at radius 1 is 0.950 bits per heavy atom. The first-order valence-corrected chi connectivity index (χ1v) is 7.54. The van der Waals surface area contributed by atoms with Gasteiger partial charge in [0.2, 0.25) is 0 Å². The van der Waals surface area contributed by atoms with Crippen LogP contribution in [0.15, 0.2) is 58.0 Å². The maximum atomic E-state index is 4.72. The Balaban J connectivity index is 1.75. The molecule has 4 heteroatoms. The standard InChI is InChI=1S/C16H16BrN3/c17-13-9-10-15-12(11-13)5-4-8-16(18-15)20-19-14-6-2-1-3-7-14/h1-3,6-7,9-11,19H,4-5,8H2,(H,18,20). The molecule has 2 aromatic rings. The number of halogens is 1. The number of para-hydroxylation sites is 1. The number of aliphatic imine (C=N–C) groups is 1.